The molecule has 5 nitrogen and oxygen atoms in total. The van der Waals surface area contributed by atoms with Crippen molar-refractivity contribution in [1.82, 2.24) is 10.1 Å². The summed E-state index contributed by atoms with van der Waals surface area (Å²) in [7, 11) is 2.75. The molecule has 0 heterocycles. The molecular formula is C5H12N2O3S2. The van der Waals surface area contributed by atoms with Gasteiger partial charge in [0.1, 0.15) is 0 Å². The summed E-state index contributed by atoms with van der Waals surface area (Å²) < 4.78 is 0. The van der Waals surface area contributed by atoms with Gasteiger partial charge in [0, 0.05) is 0 Å². The second-order valence-electron chi connectivity index (χ2n) is 1.69. The smallest absolute Gasteiger partial charge is 0.272 e. The first-order chi connectivity index (χ1) is 5.71. The molecule has 0 aromatic rings. The highest BCUT2D eigenvalue weighted by atomic mass is 32.1. The SMILES string of the molecule is CON(CS)C(=O)N(CS)OC. The van der Waals surface area contributed by atoms with Crippen molar-refractivity contribution in [2.24, 2.45) is 0 Å². The van der Waals surface area contributed by atoms with Gasteiger partial charge in [0.15, 0.2) is 0 Å². The second kappa shape index (κ2) is 6.41. The molecule has 0 spiro atoms. The Morgan fingerprint density at radius 3 is 1.67 bits per heavy atom. The molecular weight excluding hydrogens is 200 g/mol. The van der Waals surface area contributed by atoms with Crippen molar-refractivity contribution in [3.8, 4) is 0 Å². The second-order valence-corrected chi connectivity index (χ2v) is 2.25. The molecule has 0 fully saturated rings. The Morgan fingerprint density at radius 2 is 1.50 bits per heavy atom. The van der Waals surface area contributed by atoms with Gasteiger partial charge in [-0.1, -0.05) is 0 Å². The number of rotatable bonds is 4. The van der Waals surface area contributed by atoms with Crippen molar-refractivity contribution in [2.45, 2.75) is 0 Å². The van der Waals surface area contributed by atoms with Crippen LogP contribution in [0.2, 0.25) is 0 Å². The summed E-state index contributed by atoms with van der Waals surface area (Å²) >= 11 is 7.76. The maximum Gasteiger partial charge on any atom is 0.369 e. The Hall–Kier alpha value is -0.110. The standard InChI is InChI=1S/C5H12N2O3S2/c1-9-6(3-11)5(8)7(4-12)10-2/h11-12H,3-4H2,1-2H3. The van der Waals surface area contributed by atoms with E-state index in [4.69, 9.17) is 9.68 Å². The van der Waals surface area contributed by atoms with Gasteiger partial charge in [0.25, 0.3) is 0 Å². The molecule has 0 saturated heterocycles. The van der Waals surface area contributed by atoms with Crippen molar-refractivity contribution in [2.75, 3.05) is 26.0 Å². The van der Waals surface area contributed by atoms with Crippen molar-refractivity contribution < 1.29 is 14.5 Å². The maximum atomic E-state index is 11.3. The van der Waals surface area contributed by atoms with E-state index in [-0.39, 0.29) is 11.8 Å². The number of nitrogens with zero attached hydrogens (tertiary/aromatic N) is 2. The van der Waals surface area contributed by atoms with Crippen LogP contribution in [0.5, 0.6) is 0 Å². The minimum Gasteiger partial charge on any atom is -0.272 e. The Balaban J connectivity index is 4.12. The number of carbonyl (C=O) groups excluding carboxylic acids is 1. The highest BCUT2D eigenvalue weighted by molar-refractivity contribution is 7.80. The number of amides is 2. The van der Waals surface area contributed by atoms with Gasteiger partial charge in [0.05, 0.1) is 26.0 Å². The van der Waals surface area contributed by atoms with E-state index >= 15 is 0 Å². The monoisotopic (exact) mass is 212 g/mol. The summed E-state index contributed by atoms with van der Waals surface area (Å²) in [6.07, 6.45) is 0. The summed E-state index contributed by atoms with van der Waals surface area (Å²) in [5, 5.41) is 2.06. The third-order valence-electron chi connectivity index (χ3n) is 1.12. The topological polar surface area (TPSA) is 42.0 Å². The van der Waals surface area contributed by atoms with Crippen molar-refractivity contribution in [3.63, 3.8) is 0 Å². The molecule has 0 unspecified atom stereocenters. The van der Waals surface area contributed by atoms with Crippen molar-refractivity contribution >= 4 is 31.3 Å². The van der Waals surface area contributed by atoms with E-state index in [1.54, 1.807) is 0 Å². The molecule has 0 N–H and O–H groups in total. The Bertz CT molecular complexity index is 125. The van der Waals surface area contributed by atoms with E-state index in [9.17, 15) is 4.79 Å². The molecule has 0 aromatic carbocycles. The van der Waals surface area contributed by atoms with Gasteiger partial charge >= 0.3 is 6.03 Å². The molecule has 7 heteroatoms. The molecule has 0 rings (SSSR count). The third-order valence-corrected chi connectivity index (χ3v) is 1.64. The largest absolute Gasteiger partial charge is 0.369 e. The number of thiol groups is 2. The van der Waals surface area contributed by atoms with Crippen LogP contribution < -0.4 is 0 Å². The van der Waals surface area contributed by atoms with E-state index in [1.807, 2.05) is 0 Å². The maximum absolute atomic E-state index is 11.3. The summed E-state index contributed by atoms with van der Waals surface area (Å²) in [4.78, 5) is 20.7. The van der Waals surface area contributed by atoms with Crippen LogP contribution in [0.25, 0.3) is 0 Å². The zero-order valence-corrected chi connectivity index (χ0v) is 8.72. The van der Waals surface area contributed by atoms with Crippen molar-refractivity contribution in [1.29, 1.82) is 0 Å². The number of hydrogen-bond acceptors (Lipinski definition) is 5. The summed E-state index contributed by atoms with van der Waals surface area (Å²) in [5.41, 5.74) is 0. The van der Waals surface area contributed by atoms with Gasteiger partial charge in [-0.25, -0.2) is 4.79 Å². The summed E-state index contributed by atoms with van der Waals surface area (Å²) in [6, 6.07) is -0.440. The number of carbonyl (C=O) groups is 1. The molecule has 0 bridgehead atoms. The predicted molar refractivity (Wildman–Crippen MR) is 50.8 cm³/mol. The quantitative estimate of drug-likeness (QED) is 0.407. The van der Waals surface area contributed by atoms with E-state index < -0.39 is 6.03 Å². The Morgan fingerprint density at radius 1 is 1.17 bits per heavy atom. The molecule has 2 amide bonds. The lowest BCUT2D eigenvalue weighted by atomic mass is 10.9. The van der Waals surface area contributed by atoms with Crippen molar-refractivity contribution in [3.05, 3.63) is 0 Å². The zero-order valence-electron chi connectivity index (χ0n) is 6.93. The fourth-order valence-electron chi connectivity index (χ4n) is 0.517. The van der Waals surface area contributed by atoms with Crippen LogP contribution in [-0.2, 0) is 9.68 Å². The fourth-order valence-corrected chi connectivity index (χ4v) is 0.990. The van der Waals surface area contributed by atoms with Crippen LogP contribution in [0, 0.1) is 0 Å². The Labute approximate surface area is 82.3 Å². The lowest BCUT2D eigenvalue weighted by Crippen LogP contribution is -2.40. The number of hydrogen-bond donors (Lipinski definition) is 2. The lowest BCUT2D eigenvalue weighted by Gasteiger charge is -2.23. The molecule has 72 valence electrons. The van der Waals surface area contributed by atoms with Crippen LogP contribution in [0.3, 0.4) is 0 Å². The molecule has 0 atom stereocenters. The molecule has 0 aliphatic heterocycles. The van der Waals surface area contributed by atoms with Crippen LogP contribution in [-0.4, -0.2) is 42.1 Å². The van der Waals surface area contributed by atoms with Gasteiger partial charge in [-0.2, -0.15) is 35.4 Å². The summed E-state index contributed by atoms with van der Waals surface area (Å²) in [5.74, 6) is 0.311. The minimum absolute atomic E-state index is 0.156. The van der Waals surface area contributed by atoms with Crippen LogP contribution in [0.15, 0.2) is 0 Å². The van der Waals surface area contributed by atoms with Gasteiger partial charge in [-0.05, 0) is 0 Å². The average molecular weight is 212 g/mol. The van der Waals surface area contributed by atoms with Crippen LogP contribution in [0.1, 0.15) is 0 Å². The lowest BCUT2D eigenvalue weighted by molar-refractivity contribution is -0.138. The van der Waals surface area contributed by atoms with Crippen LogP contribution >= 0.6 is 25.3 Å². The number of urea groups is 1. The molecule has 0 saturated carbocycles. The van der Waals surface area contributed by atoms with Gasteiger partial charge in [-0.15, -0.1) is 0 Å². The van der Waals surface area contributed by atoms with Crippen LogP contribution in [0.4, 0.5) is 4.79 Å². The molecule has 0 aliphatic carbocycles. The normalized spacial score (nSPS) is 9.67. The van der Waals surface area contributed by atoms with Gasteiger partial charge in [-0.3, -0.25) is 9.68 Å². The summed E-state index contributed by atoms with van der Waals surface area (Å²) in [6.45, 7) is 0. The molecule has 12 heavy (non-hydrogen) atoms. The first-order valence-corrected chi connectivity index (χ1v) is 4.36. The molecule has 0 radical (unpaired) electrons. The fraction of sp³-hybridized carbons (Fsp3) is 0.800. The van der Waals surface area contributed by atoms with E-state index in [1.165, 1.54) is 14.2 Å². The first kappa shape index (κ1) is 11.9. The first-order valence-electron chi connectivity index (χ1n) is 3.10. The zero-order chi connectivity index (χ0) is 9.56. The third kappa shape index (κ3) is 3.10. The van der Waals surface area contributed by atoms with E-state index in [0.29, 0.717) is 0 Å². The highest BCUT2D eigenvalue weighted by Crippen LogP contribution is 2.01. The molecule has 0 aromatic heterocycles. The van der Waals surface area contributed by atoms with Gasteiger partial charge < -0.3 is 0 Å². The number of hydroxylamine groups is 4. The predicted octanol–water partition coefficient (Wildman–Crippen LogP) is 0.608. The highest BCUT2D eigenvalue weighted by Gasteiger charge is 2.18. The molecule has 0 aliphatic rings. The van der Waals surface area contributed by atoms with E-state index in [0.717, 1.165) is 10.1 Å². The average Bonchev–Trinajstić information content (AvgIpc) is 2.09. The Kier molecular flexibility index (Phi) is 6.35. The van der Waals surface area contributed by atoms with E-state index in [2.05, 4.69) is 25.3 Å². The van der Waals surface area contributed by atoms with Gasteiger partial charge in [0.2, 0.25) is 0 Å². The minimum atomic E-state index is -0.440.